The molecule has 0 radical (unpaired) electrons. The highest BCUT2D eigenvalue weighted by Crippen LogP contribution is 2.45. The van der Waals surface area contributed by atoms with Gasteiger partial charge in [-0.15, -0.1) is 0 Å². The first-order chi connectivity index (χ1) is 17.1. The largest absolute Gasteiger partial charge is 0.457 e. The van der Waals surface area contributed by atoms with E-state index in [0.717, 1.165) is 75.7 Å². The van der Waals surface area contributed by atoms with Gasteiger partial charge < -0.3 is 19.5 Å². The van der Waals surface area contributed by atoms with E-state index >= 15 is 0 Å². The van der Waals surface area contributed by atoms with Crippen LogP contribution in [0.4, 0.5) is 17.5 Å². The van der Waals surface area contributed by atoms with E-state index in [1.807, 2.05) is 54.9 Å². The smallest absolute Gasteiger partial charge is 0.226 e. The Morgan fingerprint density at radius 1 is 0.971 bits per heavy atom. The van der Waals surface area contributed by atoms with Gasteiger partial charge in [0.2, 0.25) is 5.95 Å². The van der Waals surface area contributed by atoms with Crippen molar-refractivity contribution in [1.29, 1.82) is 0 Å². The molecule has 9 nitrogen and oxygen atoms in total. The van der Waals surface area contributed by atoms with Gasteiger partial charge in [0.25, 0.3) is 0 Å². The maximum atomic E-state index is 6.16. The van der Waals surface area contributed by atoms with Crippen molar-refractivity contribution in [2.45, 2.75) is 13.3 Å². The second kappa shape index (κ2) is 7.63. The predicted molar refractivity (Wildman–Crippen MR) is 134 cm³/mol. The average Bonchev–Trinajstić information content (AvgIpc) is 3.30. The third-order valence-electron chi connectivity index (χ3n) is 6.99. The average molecular weight is 465 g/mol. The van der Waals surface area contributed by atoms with Crippen molar-refractivity contribution in [1.82, 2.24) is 29.5 Å². The lowest BCUT2D eigenvalue weighted by atomic mass is 10.2. The molecule has 7 rings (SSSR count). The fourth-order valence-corrected chi connectivity index (χ4v) is 4.93. The highest BCUT2D eigenvalue weighted by molar-refractivity contribution is 5.87. The molecule has 0 spiro atoms. The van der Waals surface area contributed by atoms with Gasteiger partial charge in [-0.3, -0.25) is 0 Å². The van der Waals surface area contributed by atoms with Crippen molar-refractivity contribution in [3.63, 3.8) is 0 Å². The third-order valence-corrected chi connectivity index (χ3v) is 6.99. The summed E-state index contributed by atoms with van der Waals surface area (Å²) in [5.74, 6) is 4.59. The van der Waals surface area contributed by atoms with Crippen molar-refractivity contribution < 1.29 is 4.74 Å². The van der Waals surface area contributed by atoms with Gasteiger partial charge in [-0.25, -0.2) is 24.9 Å². The Labute approximate surface area is 201 Å². The Bertz CT molecular complexity index is 1590. The number of imidazole rings is 1. The van der Waals surface area contributed by atoms with Crippen LogP contribution < -0.4 is 15.0 Å². The van der Waals surface area contributed by atoms with Crippen molar-refractivity contribution >= 4 is 39.5 Å². The number of anilines is 3. The van der Waals surface area contributed by atoms with Gasteiger partial charge in [-0.2, -0.15) is 0 Å². The molecule has 1 saturated carbocycles. The second-order valence-electron chi connectivity index (χ2n) is 9.50. The number of nitrogens with zero attached hydrogens (tertiary/aromatic N) is 7. The Kier molecular flexibility index (Phi) is 4.39. The fraction of sp³-hybridized carbons (Fsp3) is 0.269. The monoisotopic (exact) mass is 464 g/mol. The summed E-state index contributed by atoms with van der Waals surface area (Å²) in [6.07, 6.45) is 6.47. The standard InChI is InChI=1S/C26H24N8O/c1-15-7-18(3-6-23(15)35-19-4-5-22-20(9-19)30-14-33(22)2)31-25-24-21(28-13-29-25)10-27-26(32-24)34-11-16-8-17(16)12-34/h3-7,9-10,13-14,16-17H,8,11-12H2,1-2H3,(H,28,29,31)/t16-,17+. The second-order valence-corrected chi connectivity index (χ2v) is 9.50. The van der Waals surface area contributed by atoms with E-state index < -0.39 is 0 Å². The zero-order valence-corrected chi connectivity index (χ0v) is 19.5. The van der Waals surface area contributed by atoms with E-state index in [1.165, 1.54) is 12.7 Å². The van der Waals surface area contributed by atoms with Crippen molar-refractivity contribution in [3.05, 3.63) is 60.8 Å². The van der Waals surface area contributed by atoms with E-state index in [1.54, 1.807) is 12.5 Å². The zero-order valence-electron chi connectivity index (χ0n) is 19.5. The van der Waals surface area contributed by atoms with Gasteiger partial charge in [0.15, 0.2) is 5.82 Å². The minimum Gasteiger partial charge on any atom is -0.457 e. The van der Waals surface area contributed by atoms with Crippen molar-refractivity contribution in [2.24, 2.45) is 18.9 Å². The molecule has 2 aromatic carbocycles. The van der Waals surface area contributed by atoms with Crippen LogP contribution >= 0.6 is 0 Å². The fourth-order valence-electron chi connectivity index (χ4n) is 4.93. The molecule has 0 amide bonds. The van der Waals surface area contributed by atoms with E-state index in [2.05, 4.69) is 30.2 Å². The first-order valence-corrected chi connectivity index (χ1v) is 11.8. The molecule has 1 aliphatic carbocycles. The van der Waals surface area contributed by atoms with E-state index in [0.29, 0.717) is 5.82 Å². The molecule has 9 heteroatoms. The predicted octanol–water partition coefficient (Wildman–Crippen LogP) is 4.61. The molecule has 35 heavy (non-hydrogen) atoms. The summed E-state index contributed by atoms with van der Waals surface area (Å²) < 4.78 is 8.15. The lowest BCUT2D eigenvalue weighted by molar-refractivity contribution is 0.479. The van der Waals surface area contributed by atoms with E-state index in [4.69, 9.17) is 9.72 Å². The highest BCUT2D eigenvalue weighted by Gasteiger charge is 2.45. The van der Waals surface area contributed by atoms with Crippen LogP contribution in [0.2, 0.25) is 0 Å². The Morgan fingerprint density at radius 3 is 2.71 bits per heavy atom. The van der Waals surface area contributed by atoms with Crippen LogP contribution in [0.15, 0.2) is 55.2 Å². The number of aryl methyl sites for hydroxylation is 2. The summed E-state index contributed by atoms with van der Waals surface area (Å²) in [4.78, 5) is 24.9. The van der Waals surface area contributed by atoms with Crippen LogP contribution in [0.3, 0.4) is 0 Å². The van der Waals surface area contributed by atoms with Crippen LogP contribution in [-0.2, 0) is 7.05 Å². The number of aromatic nitrogens is 6. The van der Waals surface area contributed by atoms with Crippen molar-refractivity contribution in [3.8, 4) is 11.5 Å². The first-order valence-electron chi connectivity index (χ1n) is 11.8. The minimum absolute atomic E-state index is 0.664. The molecule has 1 aliphatic heterocycles. The lowest BCUT2D eigenvalue weighted by Crippen LogP contribution is -2.24. The van der Waals surface area contributed by atoms with Crippen LogP contribution in [-0.4, -0.2) is 42.6 Å². The molecule has 1 saturated heterocycles. The first kappa shape index (κ1) is 20.1. The molecule has 2 atom stereocenters. The van der Waals surface area contributed by atoms with E-state index in [-0.39, 0.29) is 0 Å². The minimum atomic E-state index is 0.664. The van der Waals surface area contributed by atoms with Crippen molar-refractivity contribution in [2.75, 3.05) is 23.3 Å². The molecular formula is C26H24N8O. The molecule has 0 unspecified atom stereocenters. The summed E-state index contributed by atoms with van der Waals surface area (Å²) in [7, 11) is 1.98. The van der Waals surface area contributed by atoms with Crippen LogP contribution in [0.5, 0.6) is 11.5 Å². The number of benzene rings is 2. The number of hydrogen-bond donors (Lipinski definition) is 1. The Morgan fingerprint density at radius 2 is 1.86 bits per heavy atom. The van der Waals surface area contributed by atoms with Gasteiger partial charge in [0.05, 0.1) is 23.6 Å². The summed E-state index contributed by atoms with van der Waals surface area (Å²) >= 11 is 0. The quantitative estimate of drug-likeness (QED) is 0.403. The lowest BCUT2D eigenvalue weighted by Gasteiger charge is -2.18. The highest BCUT2D eigenvalue weighted by atomic mass is 16.5. The number of nitrogens with one attached hydrogen (secondary N) is 1. The van der Waals surface area contributed by atoms with Crippen LogP contribution in [0, 0.1) is 18.8 Å². The van der Waals surface area contributed by atoms with Gasteiger partial charge >= 0.3 is 0 Å². The molecule has 4 heterocycles. The molecule has 2 aliphatic rings. The molecule has 174 valence electrons. The maximum absolute atomic E-state index is 6.16. The number of ether oxygens (including phenoxy) is 1. The van der Waals surface area contributed by atoms with Crippen LogP contribution in [0.1, 0.15) is 12.0 Å². The topological polar surface area (TPSA) is 93.9 Å². The SMILES string of the molecule is Cc1cc(Nc2ncnc3cnc(N4C[C@H]5C[C@H]5C4)nc23)ccc1Oc1ccc2c(c1)ncn2C. The van der Waals surface area contributed by atoms with Crippen LogP contribution in [0.25, 0.3) is 22.1 Å². The van der Waals surface area contributed by atoms with Gasteiger partial charge in [0, 0.05) is 31.9 Å². The summed E-state index contributed by atoms with van der Waals surface area (Å²) in [6, 6.07) is 11.9. The van der Waals surface area contributed by atoms with Gasteiger partial charge in [0.1, 0.15) is 28.9 Å². The Hall–Kier alpha value is -4.27. The number of fused-ring (bicyclic) bond motifs is 3. The molecule has 1 N–H and O–H groups in total. The third kappa shape index (κ3) is 3.60. The number of hydrogen-bond acceptors (Lipinski definition) is 8. The normalized spacial score (nSPS) is 18.7. The van der Waals surface area contributed by atoms with E-state index in [9.17, 15) is 0 Å². The maximum Gasteiger partial charge on any atom is 0.226 e. The van der Waals surface area contributed by atoms with Gasteiger partial charge in [-0.05, 0) is 61.1 Å². The zero-order chi connectivity index (χ0) is 23.5. The Balaban J connectivity index is 1.14. The number of piperidine rings is 1. The molecule has 0 bridgehead atoms. The summed E-state index contributed by atoms with van der Waals surface area (Å²) in [6.45, 7) is 4.11. The number of rotatable bonds is 5. The summed E-state index contributed by atoms with van der Waals surface area (Å²) in [5.41, 5.74) is 5.32. The van der Waals surface area contributed by atoms with Gasteiger partial charge in [-0.1, -0.05) is 0 Å². The molecule has 3 aromatic heterocycles. The molecular weight excluding hydrogens is 440 g/mol. The molecule has 2 fully saturated rings. The molecule has 5 aromatic rings. The summed E-state index contributed by atoms with van der Waals surface area (Å²) in [5, 5.41) is 3.41.